The van der Waals surface area contributed by atoms with Crippen molar-refractivity contribution in [1.82, 2.24) is 9.88 Å². The lowest BCUT2D eigenvalue weighted by Crippen LogP contribution is -2.46. The van der Waals surface area contributed by atoms with Crippen molar-refractivity contribution in [2.45, 2.75) is 24.7 Å². The molecule has 6 rings (SSSR count). The number of benzene rings is 3. The number of carboxylic acids is 1. The first kappa shape index (κ1) is 22.3. The highest BCUT2D eigenvalue weighted by atomic mass is 32.1. The molecule has 0 radical (unpaired) electrons. The molecule has 178 valence electrons. The van der Waals surface area contributed by atoms with E-state index in [1.807, 2.05) is 42.5 Å². The molecule has 2 heterocycles. The van der Waals surface area contributed by atoms with Crippen molar-refractivity contribution in [3.63, 3.8) is 0 Å². The summed E-state index contributed by atoms with van der Waals surface area (Å²) in [6.07, 6.45) is 2.51. The van der Waals surface area contributed by atoms with Gasteiger partial charge in [0, 0.05) is 26.2 Å². The van der Waals surface area contributed by atoms with Gasteiger partial charge in [-0.2, -0.15) is 0 Å². The number of anilines is 1. The molecule has 1 aliphatic heterocycles. The molecule has 1 N–H and O–H groups in total. The minimum absolute atomic E-state index is 0.627. The topological polar surface area (TPSA) is 56.7 Å². The number of piperazine rings is 1. The Morgan fingerprint density at radius 2 is 1.49 bits per heavy atom. The van der Waals surface area contributed by atoms with Gasteiger partial charge in [-0.1, -0.05) is 78.4 Å². The van der Waals surface area contributed by atoms with Crippen LogP contribution in [0.2, 0.25) is 0 Å². The first-order chi connectivity index (χ1) is 17.2. The number of nitrogens with zero attached hydrogens (tertiary/aromatic N) is 3. The van der Waals surface area contributed by atoms with Crippen LogP contribution in [0.25, 0.3) is 21.3 Å². The number of fused-ring (bicyclic) bond motifs is 4. The summed E-state index contributed by atoms with van der Waals surface area (Å²) in [7, 11) is 0. The van der Waals surface area contributed by atoms with Crippen LogP contribution in [-0.2, 0) is 10.2 Å². The average molecular weight is 484 g/mol. The van der Waals surface area contributed by atoms with Crippen LogP contribution in [0, 0.1) is 0 Å². The molecule has 1 aromatic heterocycles. The third-order valence-corrected chi connectivity index (χ3v) is 8.73. The molecule has 2 aliphatic rings. The molecule has 3 aromatic carbocycles. The number of para-hydroxylation sites is 1. The summed E-state index contributed by atoms with van der Waals surface area (Å²) >= 11 is 1.77. The number of thiazole rings is 1. The third kappa shape index (κ3) is 3.81. The van der Waals surface area contributed by atoms with Crippen LogP contribution in [0.5, 0.6) is 0 Å². The number of hydrogen-bond acceptors (Lipinski definition) is 5. The van der Waals surface area contributed by atoms with Gasteiger partial charge in [0.15, 0.2) is 5.13 Å². The molecule has 1 saturated heterocycles. The van der Waals surface area contributed by atoms with Crippen LogP contribution >= 0.6 is 11.3 Å². The van der Waals surface area contributed by atoms with Crippen LogP contribution in [0.4, 0.5) is 5.13 Å². The fourth-order valence-electron chi connectivity index (χ4n) is 5.82. The van der Waals surface area contributed by atoms with Gasteiger partial charge in [-0.25, -0.2) is 4.98 Å². The molecule has 1 fully saturated rings. The zero-order chi connectivity index (χ0) is 23.8. The molecule has 0 atom stereocenters. The van der Waals surface area contributed by atoms with Gasteiger partial charge in [-0.05, 0) is 53.8 Å². The van der Waals surface area contributed by atoms with E-state index in [2.05, 4.69) is 40.1 Å². The average Bonchev–Trinajstić information content (AvgIpc) is 3.45. The first-order valence-corrected chi connectivity index (χ1v) is 13.2. The van der Waals surface area contributed by atoms with Gasteiger partial charge in [-0.3, -0.25) is 9.69 Å². The highest BCUT2D eigenvalue weighted by molar-refractivity contribution is 7.22. The lowest BCUT2D eigenvalue weighted by Gasteiger charge is -2.34. The molecule has 35 heavy (non-hydrogen) atoms. The summed E-state index contributed by atoms with van der Waals surface area (Å²) in [5, 5.41) is 11.6. The monoisotopic (exact) mass is 483 g/mol. The molecule has 0 saturated carbocycles. The first-order valence-electron chi connectivity index (χ1n) is 12.4. The molecule has 4 aromatic rings. The number of rotatable bonds is 7. The molecule has 0 spiro atoms. The smallest absolute Gasteiger partial charge is 0.318 e. The van der Waals surface area contributed by atoms with Crippen molar-refractivity contribution in [3.05, 3.63) is 83.9 Å². The van der Waals surface area contributed by atoms with Crippen molar-refractivity contribution < 1.29 is 9.90 Å². The lowest BCUT2D eigenvalue weighted by molar-refractivity contribution is -0.142. The summed E-state index contributed by atoms with van der Waals surface area (Å²) < 4.78 is 1.24. The van der Waals surface area contributed by atoms with E-state index in [1.54, 1.807) is 11.3 Å². The molecular weight excluding hydrogens is 454 g/mol. The second kappa shape index (κ2) is 9.10. The largest absolute Gasteiger partial charge is 0.480 e. The molecule has 6 heteroatoms. The van der Waals surface area contributed by atoms with Gasteiger partial charge in [0.05, 0.1) is 10.2 Å². The van der Waals surface area contributed by atoms with Crippen LogP contribution in [0.15, 0.2) is 72.8 Å². The highest BCUT2D eigenvalue weighted by Gasteiger charge is 2.48. The number of carbonyl (C=O) groups is 1. The minimum Gasteiger partial charge on any atom is -0.480 e. The quantitative estimate of drug-likeness (QED) is 0.345. The Balaban J connectivity index is 1.08. The standard InChI is InChI=1S/C29H29N3O2S/c33-27(34)29(23-11-3-1-9-21(23)22-10-2-4-12-24(22)29)15-7-8-16-31-17-19-32(20-18-31)28-30-25-13-5-6-14-26(25)35-28/h1-6,9-14H,7-8,15-20H2,(H,33,34). The third-order valence-electron chi connectivity index (χ3n) is 7.63. The zero-order valence-corrected chi connectivity index (χ0v) is 20.5. The molecule has 1 aliphatic carbocycles. The van der Waals surface area contributed by atoms with E-state index >= 15 is 0 Å². The van der Waals surface area contributed by atoms with Gasteiger partial charge in [0.2, 0.25) is 0 Å². The second-order valence-electron chi connectivity index (χ2n) is 9.55. The van der Waals surface area contributed by atoms with Gasteiger partial charge in [0.1, 0.15) is 5.41 Å². The SMILES string of the molecule is O=C(O)C1(CCCCN2CCN(c3nc4ccccc4s3)CC2)c2ccccc2-c2ccccc21. The van der Waals surface area contributed by atoms with E-state index in [0.717, 1.165) is 78.5 Å². The molecule has 5 nitrogen and oxygen atoms in total. The van der Waals surface area contributed by atoms with Crippen LogP contribution < -0.4 is 4.90 Å². The van der Waals surface area contributed by atoms with Crippen molar-refractivity contribution in [1.29, 1.82) is 0 Å². The number of aromatic nitrogens is 1. The fourth-order valence-corrected chi connectivity index (χ4v) is 6.83. The molecule has 0 amide bonds. The Morgan fingerprint density at radius 1 is 0.857 bits per heavy atom. The molecule has 0 bridgehead atoms. The Labute approximate surface area is 209 Å². The van der Waals surface area contributed by atoms with Gasteiger partial charge >= 0.3 is 5.97 Å². The number of hydrogen-bond donors (Lipinski definition) is 1. The highest BCUT2D eigenvalue weighted by Crippen LogP contribution is 2.51. The van der Waals surface area contributed by atoms with Crippen molar-refractivity contribution in [2.75, 3.05) is 37.6 Å². The fraction of sp³-hybridized carbons (Fsp3) is 0.310. The van der Waals surface area contributed by atoms with Crippen molar-refractivity contribution in [2.24, 2.45) is 0 Å². The lowest BCUT2D eigenvalue weighted by atomic mass is 9.74. The van der Waals surface area contributed by atoms with E-state index in [1.165, 1.54) is 4.70 Å². The second-order valence-corrected chi connectivity index (χ2v) is 10.6. The summed E-state index contributed by atoms with van der Waals surface area (Å²) in [5.41, 5.74) is 4.15. The molecular formula is C29H29N3O2S. The van der Waals surface area contributed by atoms with E-state index in [0.29, 0.717) is 6.42 Å². The maximum Gasteiger partial charge on any atom is 0.318 e. The van der Waals surface area contributed by atoms with Crippen LogP contribution in [0.1, 0.15) is 30.4 Å². The summed E-state index contributed by atoms with van der Waals surface area (Å²) in [6, 6.07) is 24.4. The maximum atomic E-state index is 12.8. The van der Waals surface area contributed by atoms with Crippen molar-refractivity contribution >= 4 is 32.7 Å². The molecule has 0 unspecified atom stereocenters. The van der Waals surface area contributed by atoms with Crippen molar-refractivity contribution in [3.8, 4) is 11.1 Å². The van der Waals surface area contributed by atoms with E-state index in [4.69, 9.17) is 4.98 Å². The summed E-state index contributed by atoms with van der Waals surface area (Å²) in [5.74, 6) is -0.737. The maximum absolute atomic E-state index is 12.8. The van der Waals surface area contributed by atoms with Gasteiger partial charge in [-0.15, -0.1) is 0 Å². The van der Waals surface area contributed by atoms with Crippen LogP contribution in [0.3, 0.4) is 0 Å². The predicted octanol–water partition coefficient (Wildman–Crippen LogP) is 5.64. The number of unbranched alkanes of at least 4 members (excludes halogenated alkanes) is 1. The normalized spacial score (nSPS) is 16.9. The van der Waals surface area contributed by atoms with E-state index < -0.39 is 11.4 Å². The Bertz CT molecular complexity index is 1290. The van der Waals surface area contributed by atoms with Crippen LogP contribution in [-0.4, -0.2) is 53.7 Å². The number of aliphatic carboxylic acids is 1. The predicted molar refractivity (Wildman–Crippen MR) is 142 cm³/mol. The van der Waals surface area contributed by atoms with E-state index in [-0.39, 0.29) is 0 Å². The minimum atomic E-state index is -0.946. The summed E-state index contributed by atoms with van der Waals surface area (Å²) in [6.45, 7) is 5.02. The zero-order valence-electron chi connectivity index (χ0n) is 19.7. The summed E-state index contributed by atoms with van der Waals surface area (Å²) in [4.78, 5) is 22.5. The van der Waals surface area contributed by atoms with E-state index in [9.17, 15) is 9.90 Å². The Morgan fingerprint density at radius 3 is 2.14 bits per heavy atom. The number of carboxylic acid groups (broad SMARTS) is 1. The van der Waals surface area contributed by atoms with Gasteiger partial charge < -0.3 is 10.0 Å². The Kier molecular flexibility index (Phi) is 5.78. The van der Waals surface area contributed by atoms with Gasteiger partial charge in [0.25, 0.3) is 0 Å². The Hall–Kier alpha value is -3.22.